The molecule has 2 aromatic carbocycles. The third-order valence-corrected chi connectivity index (χ3v) is 5.25. The quantitative estimate of drug-likeness (QED) is 0.696. The maximum atomic E-state index is 12.9. The molecule has 0 saturated carbocycles. The van der Waals surface area contributed by atoms with Gasteiger partial charge in [0, 0.05) is 13.0 Å². The van der Waals surface area contributed by atoms with Crippen LogP contribution >= 0.6 is 0 Å². The minimum absolute atomic E-state index is 0.0388. The van der Waals surface area contributed by atoms with Gasteiger partial charge in [0.1, 0.15) is 18.1 Å². The van der Waals surface area contributed by atoms with E-state index in [0.29, 0.717) is 32.5 Å². The van der Waals surface area contributed by atoms with Gasteiger partial charge in [0.05, 0.1) is 25.6 Å². The molecule has 29 heavy (non-hydrogen) atoms. The van der Waals surface area contributed by atoms with E-state index in [1.54, 1.807) is 7.11 Å². The second-order valence-electron chi connectivity index (χ2n) is 7.00. The van der Waals surface area contributed by atoms with Crippen molar-refractivity contribution in [2.24, 2.45) is 5.92 Å². The standard InChI is InChI=1S/C23H28N2O4/c1-3-25-21(26)14-13-20(22(25)17-7-5-4-6-8-17)23(27)24-15-16-29-19-11-9-18(28-2)10-12-19/h4-12,20,22H,3,13-16H2,1-2H3,(H,24,27)/t20-,22+/m1/s1. The molecule has 3 rings (SSSR count). The molecule has 2 atom stereocenters. The van der Waals surface area contributed by atoms with Crippen LogP contribution < -0.4 is 14.8 Å². The first kappa shape index (κ1) is 20.7. The lowest BCUT2D eigenvalue weighted by Crippen LogP contribution is -2.48. The van der Waals surface area contributed by atoms with E-state index in [0.717, 1.165) is 17.1 Å². The lowest BCUT2D eigenvalue weighted by molar-refractivity contribution is -0.143. The zero-order chi connectivity index (χ0) is 20.6. The number of likely N-dealkylation sites (tertiary alicyclic amines) is 1. The van der Waals surface area contributed by atoms with Gasteiger partial charge in [-0.3, -0.25) is 9.59 Å². The summed E-state index contributed by atoms with van der Waals surface area (Å²) < 4.78 is 10.8. The van der Waals surface area contributed by atoms with Crippen molar-refractivity contribution < 1.29 is 19.1 Å². The molecule has 6 heteroatoms. The summed E-state index contributed by atoms with van der Waals surface area (Å²) >= 11 is 0. The highest BCUT2D eigenvalue weighted by Gasteiger charge is 2.39. The van der Waals surface area contributed by atoms with Gasteiger partial charge in [-0.05, 0) is 43.2 Å². The number of hydrogen-bond acceptors (Lipinski definition) is 4. The van der Waals surface area contributed by atoms with Crippen LogP contribution in [0.3, 0.4) is 0 Å². The largest absolute Gasteiger partial charge is 0.497 e. The molecule has 0 spiro atoms. The van der Waals surface area contributed by atoms with Crippen LogP contribution in [0.4, 0.5) is 0 Å². The number of methoxy groups -OCH3 is 1. The Labute approximate surface area is 171 Å². The number of nitrogens with one attached hydrogen (secondary N) is 1. The smallest absolute Gasteiger partial charge is 0.225 e. The fourth-order valence-electron chi connectivity index (χ4n) is 3.81. The third kappa shape index (κ3) is 5.08. The van der Waals surface area contributed by atoms with Gasteiger partial charge in [-0.25, -0.2) is 0 Å². The van der Waals surface area contributed by atoms with Crippen LogP contribution in [0, 0.1) is 5.92 Å². The number of ether oxygens (including phenoxy) is 2. The van der Waals surface area contributed by atoms with E-state index < -0.39 is 0 Å². The lowest BCUT2D eigenvalue weighted by Gasteiger charge is -2.40. The maximum Gasteiger partial charge on any atom is 0.225 e. The molecular weight excluding hydrogens is 368 g/mol. The van der Waals surface area contributed by atoms with Crippen molar-refractivity contribution in [3.63, 3.8) is 0 Å². The van der Waals surface area contributed by atoms with Gasteiger partial charge in [-0.2, -0.15) is 0 Å². The predicted octanol–water partition coefficient (Wildman–Crippen LogP) is 3.19. The number of carbonyl (C=O) groups excluding carboxylic acids is 2. The summed E-state index contributed by atoms with van der Waals surface area (Å²) in [7, 11) is 1.62. The maximum absolute atomic E-state index is 12.9. The summed E-state index contributed by atoms with van der Waals surface area (Å²) in [6, 6.07) is 16.9. The van der Waals surface area contributed by atoms with Gasteiger partial charge in [-0.15, -0.1) is 0 Å². The molecule has 0 radical (unpaired) electrons. The molecule has 1 heterocycles. The molecule has 1 aliphatic heterocycles. The molecule has 0 unspecified atom stereocenters. The Kier molecular flexibility index (Phi) is 7.11. The Bertz CT molecular complexity index is 807. The van der Waals surface area contributed by atoms with Crippen LogP contribution in [0.2, 0.25) is 0 Å². The minimum Gasteiger partial charge on any atom is -0.497 e. The summed E-state index contributed by atoms with van der Waals surface area (Å²) in [4.78, 5) is 27.1. The molecule has 1 N–H and O–H groups in total. The zero-order valence-electron chi connectivity index (χ0n) is 17.0. The fourth-order valence-corrected chi connectivity index (χ4v) is 3.81. The van der Waals surface area contributed by atoms with Crippen molar-refractivity contribution in [3.05, 3.63) is 60.2 Å². The van der Waals surface area contributed by atoms with E-state index in [2.05, 4.69) is 5.32 Å². The van der Waals surface area contributed by atoms with Crippen LogP contribution in [0.1, 0.15) is 31.4 Å². The van der Waals surface area contributed by atoms with Crippen LogP contribution in [-0.2, 0) is 9.59 Å². The lowest BCUT2D eigenvalue weighted by atomic mass is 9.83. The number of piperidine rings is 1. The zero-order valence-corrected chi connectivity index (χ0v) is 17.0. The Morgan fingerprint density at radius 1 is 1.10 bits per heavy atom. The molecule has 1 saturated heterocycles. The van der Waals surface area contributed by atoms with E-state index in [-0.39, 0.29) is 23.8 Å². The average Bonchev–Trinajstić information content (AvgIpc) is 2.77. The number of nitrogens with zero attached hydrogens (tertiary/aromatic N) is 1. The summed E-state index contributed by atoms with van der Waals surface area (Å²) in [6.07, 6.45) is 0.956. The SMILES string of the molecule is CCN1C(=O)CC[C@@H](C(=O)NCCOc2ccc(OC)cc2)[C@@H]1c1ccccc1. The molecule has 1 fully saturated rings. The van der Waals surface area contributed by atoms with Crippen LogP contribution in [0.5, 0.6) is 11.5 Å². The number of carbonyl (C=O) groups is 2. The van der Waals surface area contributed by atoms with Gasteiger partial charge in [0.15, 0.2) is 0 Å². The van der Waals surface area contributed by atoms with E-state index in [1.807, 2.05) is 66.4 Å². The monoisotopic (exact) mass is 396 g/mol. The molecule has 6 nitrogen and oxygen atoms in total. The summed E-state index contributed by atoms with van der Waals surface area (Å²) in [5.74, 6) is 1.29. The molecule has 154 valence electrons. The highest BCUT2D eigenvalue weighted by Crippen LogP contribution is 2.36. The van der Waals surface area contributed by atoms with Gasteiger partial charge in [-0.1, -0.05) is 30.3 Å². The second kappa shape index (κ2) is 9.96. The van der Waals surface area contributed by atoms with Crippen LogP contribution in [0.25, 0.3) is 0 Å². The Balaban J connectivity index is 1.59. The van der Waals surface area contributed by atoms with Crippen molar-refractivity contribution >= 4 is 11.8 Å². The Morgan fingerprint density at radius 2 is 1.79 bits per heavy atom. The molecule has 0 bridgehead atoms. The topological polar surface area (TPSA) is 67.9 Å². The first-order valence-corrected chi connectivity index (χ1v) is 10.0. The molecule has 2 aromatic rings. The van der Waals surface area contributed by atoms with E-state index in [4.69, 9.17) is 9.47 Å². The fraction of sp³-hybridized carbons (Fsp3) is 0.391. The van der Waals surface area contributed by atoms with Crippen molar-refractivity contribution in [2.45, 2.75) is 25.8 Å². The van der Waals surface area contributed by atoms with Crippen LogP contribution in [0.15, 0.2) is 54.6 Å². The third-order valence-electron chi connectivity index (χ3n) is 5.25. The van der Waals surface area contributed by atoms with Gasteiger partial charge < -0.3 is 19.7 Å². The number of amides is 2. The first-order chi connectivity index (χ1) is 14.1. The molecule has 0 aromatic heterocycles. The van der Waals surface area contributed by atoms with Gasteiger partial charge in [0.25, 0.3) is 0 Å². The summed E-state index contributed by atoms with van der Waals surface area (Å²) in [6.45, 7) is 3.32. The van der Waals surface area contributed by atoms with Gasteiger partial charge >= 0.3 is 0 Å². The highest BCUT2D eigenvalue weighted by molar-refractivity contribution is 5.85. The van der Waals surface area contributed by atoms with Crippen molar-refractivity contribution in [1.29, 1.82) is 0 Å². The normalized spacial score (nSPS) is 19.0. The van der Waals surface area contributed by atoms with Crippen molar-refractivity contribution in [3.8, 4) is 11.5 Å². The number of rotatable bonds is 8. The van der Waals surface area contributed by atoms with Crippen LogP contribution in [-0.4, -0.2) is 43.5 Å². The van der Waals surface area contributed by atoms with Crippen molar-refractivity contribution in [1.82, 2.24) is 10.2 Å². The summed E-state index contributed by atoms with van der Waals surface area (Å²) in [5.41, 5.74) is 0.997. The minimum atomic E-state index is -0.268. The Morgan fingerprint density at radius 3 is 2.45 bits per heavy atom. The number of hydrogen-bond donors (Lipinski definition) is 1. The first-order valence-electron chi connectivity index (χ1n) is 10.0. The molecule has 1 aliphatic rings. The molecule has 0 aliphatic carbocycles. The molecular formula is C23H28N2O4. The predicted molar refractivity (Wildman–Crippen MR) is 111 cm³/mol. The van der Waals surface area contributed by atoms with Crippen molar-refractivity contribution in [2.75, 3.05) is 26.8 Å². The van der Waals surface area contributed by atoms with E-state index >= 15 is 0 Å². The van der Waals surface area contributed by atoms with E-state index in [1.165, 1.54) is 0 Å². The summed E-state index contributed by atoms with van der Waals surface area (Å²) in [5, 5.41) is 2.98. The highest BCUT2D eigenvalue weighted by atomic mass is 16.5. The average molecular weight is 396 g/mol. The molecule has 2 amide bonds. The van der Waals surface area contributed by atoms with E-state index in [9.17, 15) is 9.59 Å². The number of benzene rings is 2. The second-order valence-corrected chi connectivity index (χ2v) is 7.00. The van der Waals surface area contributed by atoms with Gasteiger partial charge in [0.2, 0.25) is 11.8 Å². The Hall–Kier alpha value is -3.02.